The lowest BCUT2D eigenvalue weighted by atomic mass is 10.2. The largest absolute Gasteiger partial charge is 0.461 e. The average Bonchev–Trinajstić information content (AvgIpc) is 2.46. The first-order chi connectivity index (χ1) is 9.61. The summed E-state index contributed by atoms with van der Waals surface area (Å²) in [6.45, 7) is 3.90. The van der Waals surface area contributed by atoms with Gasteiger partial charge in [-0.3, -0.25) is 9.59 Å². The highest BCUT2D eigenvalue weighted by Crippen LogP contribution is 2.04. The molecule has 5 nitrogen and oxygen atoms in total. The number of carbonyl (C=O) groups excluding carboxylic acids is 2. The van der Waals surface area contributed by atoms with Crippen LogP contribution >= 0.6 is 0 Å². The number of hydrogen-bond acceptors (Lipinski definition) is 4. The molecule has 0 aliphatic heterocycles. The molecule has 20 heavy (non-hydrogen) atoms. The fraction of sp³-hybridized carbons (Fsp3) is 0.467. The minimum absolute atomic E-state index is 0.0798. The molecular weight excluding hydrogens is 258 g/mol. The number of carbonyl (C=O) groups is 2. The van der Waals surface area contributed by atoms with Crippen LogP contribution in [-0.4, -0.2) is 24.7 Å². The molecule has 5 heteroatoms. The number of rotatable bonds is 8. The minimum atomic E-state index is -0.317. The lowest BCUT2D eigenvalue weighted by molar-refractivity contribution is -0.148. The maximum absolute atomic E-state index is 11.6. The van der Waals surface area contributed by atoms with E-state index in [1.165, 1.54) is 0 Å². The molecule has 0 aliphatic carbocycles. The summed E-state index contributed by atoms with van der Waals surface area (Å²) in [6.07, 6.45) is 0.279. The first-order valence-corrected chi connectivity index (χ1v) is 6.69. The number of amides is 1. The molecule has 1 aromatic carbocycles. The zero-order chi connectivity index (χ0) is 14.8. The van der Waals surface area contributed by atoms with E-state index in [1.54, 1.807) is 13.8 Å². The maximum atomic E-state index is 11.6. The number of benzene rings is 1. The normalized spacial score (nSPS) is 11.7. The van der Waals surface area contributed by atoms with E-state index in [1.807, 2.05) is 30.3 Å². The van der Waals surface area contributed by atoms with E-state index in [9.17, 15) is 9.59 Å². The standard InChI is InChI=1S/C15H21NO4/c1-3-14(17)16-11-20-12(2)9-15(18)19-10-13-7-5-4-6-8-13/h4-8,12H,3,9-11H2,1-2H3,(H,16,17)/t12-/m1/s1. The Kier molecular flexibility index (Phi) is 7.35. The Bertz CT molecular complexity index is 419. The van der Waals surface area contributed by atoms with Crippen molar-refractivity contribution in [1.29, 1.82) is 0 Å². The smallest absolute Gasteiger partial charge is 0.308 e. The van der Waals surface area contributed by atoms with Gasteiger partial charge < -0.3 is 14.8 Å². The molecule has 0 radical (unpaired) electrons. The molecule has 0 bridgehead atoms. The van der Waals surface area contributed by atoms with Crippen LogP contribution in [0.15, 0.2) is 30.3 Å². The molecule has 0 fully saturated rings. The molecule has 0 aliphatic rings. The van der Waals surface area contributed by atoms with E-state index in [2.05, 4.69) is 5.32 Å². The van der Waals surface area contributed by atoms with Gasteiger partial charge in [-0.25, -0.2) is 0 Å². The maximum Gasteiger partial charge on any atom is 0.308 e. The Labute approximate surface area is 119 Å². The summed E-state index contributed by atoms with van der Waals surface area (Å²) >= 11 is 0. The summed E-state index contributed by atoms with van der Waals surface area (Å²) in [4.78, 5) is 22.6. The second kappa shape index (κ2) is 9.09. The van der Waals surface area contributed by atoms with Crippen molar-refractivity contribution in [3.05, 3.63) is 35.9 Å². The van der Waals surface area contributed by atoms with Gasteiger partial charge in [0.25, 0.3) is 0 Å². The van der Waals surface area contributed by atoms with Crippen molar-refractivity contribution in [2.24, 2.45) is 0 Å². The van der Waals surface area contributed by atoms with E-state index < -0.39 is 0 Å². The first kappa shape index (κ1) is 16.2. The summed E-state index contributed by atoms with van der Waals surface area (Å²) in [6, 6.07) is 9.49. The van der Waals surface area contributed by atoms with Crippen LogP contribution in [0, 0.1) is 0 Å². The van der Waals surface area contributed by atoms with E-state index in [0.29, 0.717) is 6.42 Å². The highest BCUT2D eigenvalue weighted by Gasteiger charge is 2.11. The molecule has 0 aromatic heterocycles. The van der Waals surface area contributed by atoms with Crippen LogP contribution in [0.2, 0.25) is 0 Å². The predicted molar refractivity (Wildman–Crippen MR) is 74.7 cm³/mol. The van der Waals surface area contributed by atoms with Crippen LogP contribution in [0.3, 0.4) is 0 Å². The lowest BCUT2D eigenvalue weighted by Gasteiger charge is -2.13. The molecule has 1 rings (SSSR count). The first-order valence-electron chi connectivity index (χ1n) is 6.69. The van der Waals surface area contributed by atoms with Crippen molar-refractivity contribution in [3.8, 4) is 0 Å². The van der Waals surface area contributed by atoms with Crippen LogP contribution in [-0.2, 0) is 25.7 Å². The molecule has 1 aromatic rings. The van der Waals surface area contributed by atoms with Gasteiger partial charge in [-0.2, -0.15) is 0 Å². The predicted octanol–water partition coefficient (Wildman–Crippen LogP) is 2.01. The van der Waals surface area contributed by atoms with Crippen molar-refractivity contribution in [1.82, 2.24) is 5.32 Å². The molecule has 0 spiro atoms. The number of esters is 1. The molecule has 0 saturated heterocycles. The zero-order valence-electron chi connectivity index (χ0n) is 11.9. The molecule has 0 heterocycles. The van der Waals surface area contributed by atoms with Crippen molar-refractivity contribution in [2.75, 3.05) is 6.73 Å². The lowest BCUT2D eigenvalue weighted by Crippen LogP contribution is -2.28. The van der Waals surface area contributed by atoms with E-state index >= 15 is 0 Å². The van der Waals surface area contributed by atoms with Crippen LogP contribution in [0.5, 0.6) is 0 Å². The van der Waals surface area contributed by atoms with Gasteiger partial charge in [-0.1, -0.05) is 37.3 Å². The van der Waals surface area contributed by atoms with E-state index in [0.717, 1.165) is 5.56 Å². The van der Waals surface area contributed by atoms with Crippen LogP contribution in [0.1, 0.15) is 32.3 Å². The van der Waals surface area contributed by atoms with E-state index in [4.69, 9.17) is 9.47 Å². The SMILES string of the molecule is CCC(=O)NCO[C@H](C)CC(=O)OCc1ccccc1. The van der Waals surface area contributed by atoms with Gasteiger partial charge in [0.1, 0.15) is 13.3 Å². The fourth-order valence-electron chi connectivity index (χ4n) is 1.48. The Morgan fingerprint density at radius 1 is 1.25 bits per heavy atom. The van der Waals surface area contributed by atoms with Crippen LogP contribution < -0.4 is 5.32 Å². The zero-order valence-corrected chi connectivity index (χ0v) is 11.9. The fourth-order valence-corrected chi connectivity index (χ4v) is 1.48. The molecule has 1 atom stereocenters. The quantitative estimate of drug-likeness (QED) is 0.584. The van der Waals surface area contributed by atoms with Gasteiger partial charge in [-0.15, -0.1) is 0 Å². The van der Waals surface area contributed by atoms with Gasteiger partial charge in [0, 0.05) is 6.42 Å². The second-order valence-electron chi connectivity index (χ2n) is 4.43. The van der Waals surface area contributed by atoms with E-state index in [-0.39, 0.29) is 37.7 Å². The van der Waals surface area contributed by atoms with Crippen LogP contribution in [0.4, 0.5) is 0 Å². The van der Waals surface area contributed by atoms with Gasteiger partial charge in [0.05, 0.1) is 12.5 Å². The second-order valence-corrected chi connectivity index (χ2v) is 4.43. The van der Waals surface area contributed by atoms with Gasteiger partial charge in [0.2, 0.25) is 5.91 Å². The molecule has 0 unspecified atom stereocenters. The third-order valence-electron chi connectivity index (χ3n) is 2.66. The Morgan fingerprint density at radius 2 is 1.95 bits per heavy atom. The summed E-state index contributed by atoms with van der Waals surface area (Å²) in [5.74, 6) is -0.396. The number of ether oxygens (including phenoxy) is 2. The average molecular weight is 279 g/mol. The summed E-state index contributed by atoms with van der Waals surface area (Å²) in [5.41, 5.74) is 0.949. The van der Waals surface area contributed by atoms with Gasteiger partial charge in [0.15, 0.2) is 0 Å². The molecule has 1 amide bonds. The summed E-state index contributed by atoms with van der Waals surface area (Å²) in [7, 11) is 0. The summed E-state index contributed by atoms with van der Waals surface area (Å²) < 4.78 is 10.4. The molecule has 110 valence electrons. The van der Waals surface area contributed by atoms with Gasteiger partial charge in [-0.05, 0) is 12.5 Å². The number of hydrogen-bond donors (Lipinski definition) is 1. The Hall–Kier alpha value is -1.88. The Balaban J connectivity index is 2.16. The number of nitrogens with one attached hydrogen (secondary N) is 1. The third kappa shape index (κ3) is 6.89. The molecule has 0 saturated carbocycles. The molecule has 1 N–H and O–H groups in total. The Morgan fingerprint density at radius 3 is 2.60 bits per heavy atom. The van der Waals surface area contributed by atoms with Crippen molar-refractivity contribution >= 4 is 11.9 Å². The van der Waals surface area contributed by atoms with Crippen molar-refractivity contribution in [2.45, 2.75) is 39.4 Å². The van der Waals surface area contributed by atoms with Gasteiger partial charge >= 0.3 is 5.97 Å². The highest BCUT2D eigenvalue weighted by molar-refractivity contribution is 5.75. The summed E-state index contributed by atoms with van der Waals surface area (Å²) in [5, 5.41) is 2.58. The topological polar surface area (TPSA) is 64.6 Å². The highest BCUT2D eigenvalue weighted by atomic mass is 16.5. The third-order valence-corrected chi connectivity index (χ3v) is 2.66. The van der Waals surface area contributed by atoms with Crippen molar-refractivity contribution in [3.63, 3.8) is 0 Å². The van der Waals surface area contributed by atoms with Crippen LogP contribution in [0.25, 0.3) is 0 Å². The van der Waals surface area contributed by atoms with Crippen molar-refractivity contribution < 1.29 is 19.1 Å². The monoisotopic (exact) mass is 279 g/mol. The molecular formula is C15H21NO4. The minimum Gasteiger partial charge on any atom is -0.461 e.